The lowest BCUT2D eigenvalue weighted by atomic mass is 9.81. The fraction of sp³-hybridized carbons (Fsp3) is 0.500. The van der Waals surface area contributed by atoms with E-state index in [1.165, 1.54) is 9.08 Å². The number of hydrogen-bond acceptors (Lipinski definition) is 4. The van der Waals surface area contributed by atoms with E-state index >= 15 is 0 Å². The van der Waals surface area contributed by atoms with Crippen LogP contribution in [0.15, 0.2) is 29.2 Å². The summed E-state index contributed by atoms with van der Waals surface area (Å²) in [5.41, 5.74) is -0.972. The second-order valence-electron chi connectivity index (χ2n) is 6.18. The van der Waals surface area contributed by atoms with Crippen LogP contribution < -0.4 is 11.0 Å². The number of hydrogen-bond donors (Lipinski definition) is 2. The highest BCUT2D eigenvalue weighted by Crippen LogP contribution is 2.28. The van der Waals surface area contributed by atoms with Crippen molar-refractivity contribution in [1.82, 2.24) is 19.5 Å². The molecule has 2 heterocycles. The first-order chi connectivity index (χ1) is 11.5. The summed E-state index contributed by atoms with van der Waals surface area (Å²) >= 11 is 0. The first kappa shape index (κ1) is 16.2. The highest BCUT2D eigenvalue weighted by atomic mass is 16.4. The second-order valence-corrected chi connectivity index (χ2v) is 6.18. The molecule has 0 spiro atoms. The fourth-order valence-corrected chi connectivity index (χ4v) is 3.20. The van der Waals surface area contributed by atoms with Crippen LogP contribution in [-0.2, 0) is 16.1 Å². The lowest BCUT2D eigenvalue weighted by Crippen LogP contribution is -2.55. The Kier molecular flexibility index (Phi) is 4.37. The van der Waals surface area contributed by atoms with Crippen LogP contribution in [0.1, 0.15) is 38.5 Å². The number of nitrogens with one attached hydrogen (secondary N) is 1. The zero-order valence-corrected chi connectivity index (χ0v) is 13.3. The van der Waals surface area contributed by atoms with Crippen LogP contribution in [0, 0.1) is 0 Å². The molecule has 1 aliphatic carbocycles. The van der Waals surface area contributed by atoms with Crippen molar-refractivity contribution in [2.24, 2.45) is 0 Å². The van der Waals surface area contributed by atoms with Gasteiger partial charge in [0.2, 0.25) is 5.91 Å². The predicted octanol–water partition coefficient (Wildman–Crippen LogP) is 0.790. The minimum absolute atomic E-state index is 0.0127. The minimum atomic E-state index is -1.17. The molecule has 0 bridgehead atoms. The molecule has 1 aliphatic rings. The SMILES string of the molecule is O=C(CCn1nc2ccccn2c1=O)NC1(C(=O)O)CCCCC1. The zero-order valence-electron chi connectivity index (χ0n) is 13.3. The number of amides is 1. The number of carbonyl (C=O) groups excluding carboxylic acids is 1. The Morgan fingerprint density at radius 3 is 2.67 bits per heavy atom. The smallest absolute Gasteiger partial charge is 0.350 e. The number of carboxylic acid groups (broad SMARTS) is 1. The monoisotopic (exact) mass is 332 g/mol. The summed E-state index contributed by atoms with van der Waals surface area (Å²) < 4.78 is 2.63. The van der Waals surface area contributed by atoms with Crippen molar-refractivity contribution in [3.63, 3.8) is 0 Å². The van der Waals surface area contributed by atoms with Crippen LogP contribution in [-0.4, -0.2) is 36.7 Å². The molecule has 8 nitrogen and oxygen atoms in total. The van der Waals surface area contributed by atoms with E-state index in [1.807, 2.05) is 0 Å². The Hall–Kier alpha value is -2.64. The molecule has 0 aliphatic heterocycles. The lowest BCUT2D eigenvalue weighted by molar-refractivity contribution is -0.149. The topological polar surface area (TPSA) is 106 Å². The summed E-state index contributed by atoms with van der Waals surface area (Å²) in [6.07, 6.45) is 5.09. The van der Waals surface area contributed by atoms with Crippen LogP contribution in [0.4, 0.5) is 0 Å². The van der Waals surface area contributed by atoms with Gasteiger partial charge in [-0.3, -0.25) is 9.20 Å². The molecule has 0 saturated heterocycles. The van der Waals surface area contributed by atoms with Gasteiger partial charge in [-0.1, -0.05) is 25.3 Å². The van der Waals surface area contributed by atoms with E-state index in [9.17, 15) is 19.5 Å². The highest BCUT2D eigenvalue weighted by Gasteiger charge is 2.40. The van der Waals surface area contributed by atoms with E-state index in [4.69, 9.17) is 0 Å². The van der Waals surface area contributed by atoms with Crippen molar-refractivity contribution in [3.05, 3.63) is 34.9 Å². The van der Waals surface area contributed by atoms with E-state index in [-0.39, 0.29) is 24.6 Å². The van der Waals surface area contributed by atoms with Gasteiger partial charge in [-0.05, 0) is 25.0 Å². The summed E-state index contributed by atoms with van der Waals surface area (Å²) in [5, 5.41) is 16.3. The number of carboxylic acids is 1. The lowest BCUT2D eigenvalue weighted by Gasteiger charge is -2.33. The molecular weight excluding hydrogens is 312 g/mol. The molecule has 1 fully saturated rings. The number of aromatic nitrogens is 3. The number of fused-ring (bicyclic) bond motifs is 1. The Morgan fingerprint density at radius 2 is 2.00 bits per heavy atom. The number of aryl methyl sites for hydroxylation is 1. The Labute approximate surface area is 138 Å². The van der Waals surface area contributed by atoms with Crippen LogP contribution >= 0.6 is 0 Å². The molecule has 1 amide bonds. The maximum atomic E-state index is 12.2. The average Bonchev–Trinajstić information content (AvgIpc) is 2.90. The number of nitrogens with zero attached hydrogens (tertiary/aromatic N) is 3. The number of pyridine rings is 1. The van der Waals surface area contributed by atoms with Crippen molar-refractivity contribution in [3.8, 4) is 0 Å². The third kappa shape index (κ3) is 3.04. The summed E-state index contributed by atoms with van der Waals surface area (Å²) in [6.45, 7) is 0.113. The van der Waals surface area contributed by atoms with Gasteiger partial charge < -0.3 is 10.4 Å². The van der Waals surface area contributed by atoms with Gasteiger partial charge in [0.25, 0.3) is 0 Å². The summed E-state index contributed by atoms with van der Waals surface area (Å²) in [4.78, 5) is 35.9. The first-order valence-corrected chi connectivity index (χ1v) is 8.10. The number of rotatable bonds is 5. The standard InChI is InChI=1S/C16H20N4O4/c21-13(17-16(14(22)23)8-3-1-4-9-16)7-11-20-15(24)19-10-5-2-6-12(19)18-20/h2,5-6,10H,1,3-4,7-9,11H2,(H,17,21)(H,22,23). The molecule has 24 heavy (non-hydrogen) atoms. The van der Waals surface area contributed by atoms with Crippen molar-refractivity contribution in [2.45, 2.75) is 50.6 Å². The van der Waals surface area contributed by atoms with Gasteiger partial charge in [-0.15, -0.1) is 5.10 Å². The van der Waals surface area contributed by atoms with E-state index in [1.54, 1.807) is 24.4 Å². The molecule has 8 heteroatoms. The van der Waals surface area contributed by atoms with Gasteiger partial charge in [0.15, 0.2) is 5.65 Å². The van der Waals surface area contributed by atoms with Gasteiger partial charge in [0, 0.05) is 12.6 Å². The van der Waals surface area contributed by atoms with Crippen molar-refractivity contribution >= 4 is 17.5 Å². The van der Waals surface area contributed by atoms with Crippen molar-refractivity contribution in [1.29, 1.82) is 0 Å². The van der Waals surface area contributed by atoms with Gasteiger partial charge in [0.1, 0.15) is 5.54 Å². The third-order valence-electron chi connectivity index (χ3n) is 4.53. The van der Waals surface area contributed by atoms with E-state index in [0.717, 1.165) is 19.3 Å². The molecule has 2 aromatic heterocycles. The molecule has 0 atom stereocenters. The first-order valence-electron chi connectivity index (χ1n) is 8.10. The van der Waals surface area contributed by atoms with Crippen LogP contribution in [0.5, 0.6) is 0 Å². The van der Waals surface area contributed by atoms with Crippen molar-refractivity contribution < 1.29 is 14.7 Å². The maximum Gasteiger partial charge on any atom is 0.350 e. The van der Waals surface area contributed by atoms with Gasteiger partial charge in [0.05, 0.1) is 6.54 Å². The second kappa shape index (κ2) is 6.46. The van der Waals surface area contributed by atoms with Crippen LogP contribution in [0.2, 0.25) is 0 Å². The van der Waals surface area contributed by atoms with E-state index < -0.39 is 11.5 Å². The Balaban J connectivity index is 1.67. The number of carbonyl (C=O) groups is 2. The molecule has 3 rings (SSSR count). The molecular formula is C16H20N4O4. The van der Waals surface area contributed by atoms with E-state index in [2.05, 4.69) is 10.4 Å². The highest BCUT2D eigenvalue weighted by molar-refractivity contribution is 5.87. The summed E-state index contributed by atoms with van der Waals surface area (Å²) in [6, 6.07) is 5.21. The normalized spacial score (nSPS) is 16.8. The summed E-state index contributed by atoms with van der Waals surface area (Å²) in [5.74, 6) is -1.36. The van der Waals surface area contributed by atoms with Crippen LogP contribution in [0.25, 0.3) is 5.65 Å². The maximum absolute atomic E-state index is 12.2. The molecule has 2 N–H and O–H groups in total. The minimum Gasteiger partial charge on any atom is -0.480 e. The van der Waals surface area contributed by atoms with Gasteiger partial charge in [-0.2, -0.15) is 0 Å². The zero-order chi connectivity index (χ0) is 17.2. The van der Waals surface area contributed by atoms with Gasteiger partial charge >= 0.3 is 11.7 Å². The van der Waals surface area contributed by atoms with Crippen molar-refractivity contribution in [2.75, 3.05) is 0 Å². The van der Waals surface area contributed by atoms with Crippen LogP contribution in [0.3, 0.4) is 0 Å². The fourth-order valence-electron chi connectivity index (χ4n) is 3.20. The predicted molar refractivity (Wildman–Crippen MR) is 85.7 cm³/mol. The third-order valence-corrected chi connectivity index (χ3v) is 4.53. The molecule has 0 unspecified atom stereocenters. The van der Waals surface area contributed by atoms with Gasteiger partial charge in [-0.25, -0.2) is 14.3 Å². The van der Waals surface area contributed by atoms with E-state index in [0.29, 0.717) is 18.5 Å². The Bertz CT molecular complexity index is 817. The molecule has 128 valence electrons. The number of aliphatic carboxylic acids is 1. The molecule has 1 saturated carbocycles. The summed E-state index contributed by atoms with van der Waals surface area (Å²) in [7, 11) is 0. The Morgan fingerprint density at radius 1 is 1.25 bits per heavy atom. The average molecular weight is 332 g/mol. The molecule has 0 aromatic carbocycles. The molecule has 0 radical (unpaired) electrons. The molecule has 2 aromatic rings. The largest absolute Gasteiger partial charge is 0.480 e. The quantitative estimate of drug-likeness (QED) is 0.842.